The van der Waals surface area contributed by atoms with Crippen molar-refractivity contribution in [1.82, 2.24) is 4.57 Å². The molecule has 102 valence electrons. The Bertz CT molecular complexity index is 565. The lowest BCUT2D eigenvalue weighted by Crippen LogP contribution is -2.04. The molecule has 0 saturated heterocycles. The van der Waals surface area contributed by atoms with Crippen LogP contribution in [-0.2, 0) is 6.54 Å². The van der Waals surface area contributed by atoms with Gasteiger partial charge in [-0.2, -0.15) is 0 Å². The van der Waals surface area contributed by atoms with Crippen molar-refractivity contribution in [3.8, 4) is 0 Å². The zero-order valence-electron chi connectivity index (χ0n) is 11.0. The van der Waals surface area contributed by atoms with Crippen molar-refractivity contribution in [3.05, 3.63) is 57.3 Å². The predicted molar refractivity (Wildman–Crippen MR) is 82.5 cm³/mol. The first-order chi connectivity index (χ1) is 8.97. The fourth-order valence-corrected chi connectivity index (χ4v) is 2.70. The highest BCUT2D eigenvalue weighted by Gasteiger charge is 2.13. The summed E-state index contributed by atoms with van der Waals surface area (Å²) in [6, 6.07) is 7.83. The second-order valence-corrected chi connectivity index (χ2v) is 6.36. The Hall–Kier alpha value is -0.770. The number of aromatic nitrogens is 1. The van der Waals surface area contributed by atoms with Gasteiger partial charge in [-0.05, 0) is 35.2 Å². The molecule has 4 heteroatoms. The Morgan fingerprint density at radius 2 is 2.05 bits per heavy atom. The van der Waals surface area contributed by atoms with Gasteiger partial charge in [0.1, 0.15) is 0 Å². The number of aliphatic hydroxyl groups excluding tert-OH is 1. The van der Waals surface area contributed by atoms with Gasteiger partial charge in [0.2, 0.25) is 0 Å². The third kappa shape index (κ3) is 3.62. The fraction of sp³-hybridized carbons (Fsp3) is 0.333. The van der Waals surface area contributed by atoms with E-state index < -0.39 is 6.10 Å². The summed E-state index contributed by atoms with van der Waals surface area (Å²) in [4.78, 5) is 0. The lowest BCUT2D eigenvalue weighted by atomic mass is 10.0. The SMILES string of the molecule is CC(C)C(O)c1ccn(Cc2ccc(Br)cc2Cl)c1. The monoisotopic (exact) mass is 341 g/mol. The van der Waals surface area contributed by atoms with Crippen molar-refractivity contribution >= 4 is 27.5 Å². The van der Waals surface area contributed by atoms with Gasteiger partial charge >= 0.3 is 0 Å². The van der Waals surface area contributed by atoms with E-state index in [9.17, 15) is 5.11 Å². The molecule has 2 aromatic rings. The molecule has 1 atom stereocenters. The Morgan fingerprint density at radius 3 is 2.68 bits per heavy atom. The Kier molecular flexibility index (Phi) is 4.71. The van der Waals surface area contributed by atoms with E-state index >= 15 is 0 Å². The maximum absolute atomic E-state index is 10.0. The van der Waals surface area contributed by atoms with Crippen LogP contribution in [0.5, 0.6) is 0 Å². The topological polar surface area (TPSA) is 25.2 Å². The van der Waals surface area contributed by atoms with Crippen molar-refractivity contribution < 1.29 is 5.11 Å². The number of rotatable bonds is 4. The number of hydrogen-bond acceptors (Lipinski definition) is 1. The van der Waals surface area contributed by atoms with Crippen LogP contribution < -0.4 is 0 Å². The van der Waals surface area contributed by atoms with E-state index in [1.165, 1.54) is 0 Å². The first-order valence-corrected chi connectivity index (χ1v) is 7.42. The molecule has 0 spiro atoms. The Labute approximate surface area is 127 Å². The van der Waals surface area contributed by atoms with Gasteiger partial charge < -0.3 is 9.67 Å². The summed E-state index contributed by atoms with van der Waals surface area (Å²) in [5.41, 5.74) is 2.01. The summed E-state index contributed by atoms with van der Waals surface area (Å²) in [5.74, 6) is 0.215. The van der Waals surface area contributed by atoms with Crippen LogP contribution in [0.3, 0.4) is 0 Å². The molecule has 1 aromatic carbocycles. The molecule has 0 amide bonds. The Balaban J connectivity index is 2.16. The second kappa shape index (κ2) is 6.12. The van der Waals surface area contributed by atoms with E-state index in [-0.39, 0.29) is 5.92 Å². The van der Waals surface area contributed by atoms with Crippen LogP contribution in [0.1, 0.15) is 31.1 Å². The predicted octanol–water partition coefficient (Wildman–Crippen LogP) is 4.64. The normalized spacial score (nSPS) is 12.9. The maximum Gasteiger partial charge on any atom is 0.0827 e. The molecule has 0 aliphatic carbocycles. The maximum atomic E-state index is 10.0. The van der Waals surface area contributed by atoms with Gasteiger partial charge in [0.05, 0.1) is 6.10 Å². The summed E-state index contributed by atoms with van der Waals surface area (Å²) in [6.07, 6.45) is 3.53. The van der Waals surface area contributed by atoms with Crippen molar-refractivity contribution in [2.75, 3.05) is 0 Å². The molecule has 2 rings (SSSR count). The summed E-state index contributed by atoms with van der Waals surface area (Å²) in [5, 5.41) is 10.8. The number of benzene rings is 1. The third-order valence-electron chi connectivity index (χ3n) is 3.11. The molecule has 0 radical (unpaired) electrons. The van der Waals surface area contributed by atoms with Crippen molar-refractivity contribution in [2.45, 2.75) is 26.5 Å². The van der Waals surface area contributed by atoms with Gasteiger partial charge in [0, 0.05) is 28.4 Å². The number of hydrogen-bond donors (Lipinski definition) is 1. The molecule has 0 saturated carbocycles. The minimum absolute atomic E-state index is 0.215. The molecule has 0 aliphatic heterocycles. The van der Waals surface area contributed by atoms with E-state index in [0.29, 0.717) is 6.54 Å². The molecule has 0 aliphatic rings. The summed E-state index contributed by atoms with van der Waals surface area (Å²) in [6.45, 7) is 4.72. The standard InChI is InChI=1S/C15H17BrClNO/c1-10(2)15(19)12-5-6-18(9-12)8-11-3-4-13(16)7-14(11)17/h3-7,9-10,15,19H,8H2,1-2H3. The van der Waals surface area contributed by atoms with Crippen LogP contribution in [0, 0.1) is 5.92 Å². The van der Waals surface area contributed by atoms with E-state index in [1.54, 1.807) is 0 Å². The quantitative estimate of drug-likeness (QED) is 0.860. The van der Waals surface area contributed by atoms with Gasteiger partial charge in [0.15, 0.2) is 0 Å². The highest BCUT2D eigenvalue weighted by Crippen LogP contribution is 2.24. The van der Waals surface area contributed by atoms with E-state index in [2.05, 4.69) is 15.9 Å². The van der Waals surface area contributed by atoms with Crippen LogP contribution in [-0.4, -0.2) is 9.67 Å². The van der Waals surface area contributed by atoms with Crippen LogP contribution in [0.2, 0.25) is 5.02 Å². The highest BCUT2D eigenvalue weighted by atomic mass is 79.9. The molecule has 1 N–H and O–H groups in total. The molecule has 19 heavy (non-hydrogen) atoms. The third-order valence-corrected chi connectivity index (χ3v) is 3.96. The van der Waals surface area contributed by atoms with Gasteiger partial charge in [-0.15, -0.1) is 0 Å². The van der Waals surface area contributed by atoms with Gasteiger partial charge in [-0.25, -0.2) is 0 Å². The number of nitrogens with zero attached hydrogens (tertiary/aromatic N) is 1. The molecular formula is C15H17BrClNO. The van der Waals surface area contributed by atoms with Crippen molar-refractivity contribution in [2.24, 2.45) is 5.92 Å². The molecule has 2 nitrogen and oxygen atoms in total. The second-order valence-electron chi connectivity index (χ2n) is 5.04. The molecule has 1 unspecified atom stereocenters. The van der Waals surface area contributed by atoms with Gasteiger partial charge in [-0.1, -0.05) is 47.4 Å². The molecule has 0 bridgehead atoms. The Morgan fingerprint density at radius 1 is 1.32 bits per heavy atom. The van der Waals surface area contributed by atoms with E-state index in [4.69, 9.17) is 11.6 Å². The molecule has 0 fully saturated rings. The van der Waals surface area contributed by atoms with Crippen molar-refractivity contribution in [3.63, 3.8) is 0 Å². The molecule has 1 heterocycles. The minimum atomic E-state index is -0.415. The molecular weight excluding hydrogens is 326 g/mol. The van der Waals surface area contributed by atoms with Crippen LogP contribution in [0.15, 0.2) is 41.1 Å². The summed E-state index contributed by atoms with van der Waals surface area (Å²) >= 11 is 9.60. The zero-order chi connectivity index (χ0) is 14.0. The molecule has 1 aromatic heterocycles. The minimum Gasteiger partial charge on any atom is -0.388 e. The smallest absolute Gasteiger partial charge is 0.0827 e. The average molecular weight is 343 g/mol. The van der Waals surface area contributed by atoms with Crippen LogP contribution in [0.4, 0.5) is 0 Å². The highest BCUT2D eigenvalue weighted by molar-refractivity contribution is 9.10. The number of halogens is 2. The lowest BCUT2D eigenvalue weighted by Gasteiger charge is -2.12. The first kappa shape index (κ1) is 14.6. The van der Waals surface area contributed by atoms with Crippen LogP contribution in [0.25, 0.3) is 0 Å². The zero-order valence-corrected chi connectivity index (χ0v) is 13.3. The van der Waals surface area contributed by atoms with Crippen molar-refractivity contribution in [1.29, 1.82) is 0 Å². The van der Waals surface area contributed by atoms with Crippen LogP contribution >= 0.6 is 27.5 Å². The summed E-state index contributed by atoms with van der Waals surface area (Å²) in [7, 11) is 0. The fourth-order valence-electron chi connectivity index (χ4n) is 1.96. The van der Waals surface area contributed by atoms with Gasteiger partial charge in [-0.3, -0.25) is 0 Å². The van der Waals surface area contributed by atoms with Gasteiger partial charge in [0.25, 0.3) is 0 Å². The average Bonchev–Trinajstić information content (AvgIpc) is 2.80. The van der Waals surface area contributed by atoms with E-state index in [0.717, 1.165) is 20.6 Å². The lowest BCUT2D eigenvalue weighted by molar-refractivity contribution is 0.127. The first-order valence-electron chi connectivity index (χ1n) is 6.25. The summed E-state index contributed by atoms with van der Waals surface area (Å²) < 4.78 is 3.01. The number of aliphatic hydroxyl groups is 1. The van der Waals surface area contributed by atoms with E-state index in [1.807, 2.05) is 55.1 Å². The largest absolute Gasteiger partial charge is 0.388 e.